The lowest BCUT2D eigenvalue weighted by molar-refractivity contribution is -0.121. The van der Waals surface area contributed by atoms with Gasteiger partial charge in [0.1, 0.15) is 28.6 Å². The molecular formula is C34H41N3O7. The van der Waals surface area contributed by atoms with Gasteiger partial charge in [0.05, 0.1) is 18.9 Å². The Morgan fingerprint density at radius 2 is 1.89 bits per heavy atom. The van der Waals surface area contributed by atoms with Crippen molar-refractivity contribution in [1.29, 1.82) is 0 Å². The molecule has 1 amide bonds. The topological polar surface area (TPSA) is 151 Å². The van der Waals surface area contributed by atoms with E-state index in [4.69, 9.17) is 9.47 Å². The van der Waals surface area contributed by atoms with Crippen LogP contribution in [0.5, 0.6) is 17.2 Å². The Labute approximate surface area is 257 Å². The van der Waals surface area contributed by atoms with E-state index in [-0.39, 0.29) is 47.1 Å². The van der Waals surface area contributed by atoms with Gasteiger partial charge in [0.15, 0.2) is 0 Å². The number of aryl methyl sites for hydroxylation is 2. The van der Waals surface area contributed by atoms with Crippen LogP contribution in [0, 0.1) is 13.8 Å². The maximum Gasteiger partial charge on any atom is 0.342 e. The molecule has 0 fully saturated rings. The fourth-order valence-corrected chi connectivity index (χ4v) is 5.52. The van der Waals surface area contributed by atoms with Crippen molar-refractivity contribution >= 4 is 23.7 Å². The molecule has 1 aromatic heterocycles. The molecular weight excluding hydrogens is 562 g/mol. The number of benzene rings is 2. The summed E-state index contributed by atoms with van der Waals surface area (Å²) in [5.41, 5.74) is 3.39. The number of nitrogens with one attached hydrogen (secondary N) is 2. The summed E-state index contributed by atoms with van der Waals surface area (Å²) in [6, 6.07) is 8.39. The Bertz CT molecular complexity index is 1510. The van der Waals surface area contributed by atoms with Crippen LogP contribution in [0.4, 0.5) is 0 Å². The van der Waals surface area contributed by atoms with Crippen LogP contribution in [0.25, 0.3) is 6.08 Å². The molecule has 3 aromatic rings. The molecule has 0 radical (unpaired) electrons. The molecule has 0 aliphatic carbocycles. The second kappa shape index (κ2) is 14.7. The fraction of sp³-hybridized carbons (Fsp3) is 0.412. The summed E-state index contributed by atoms with van der Waals surface area (Å²) in [5.74, 6) is -1.81. The Morgan fingerprint density at radius 3 is 2.57 bits per heavy atom. The van der Waals surface area contributed by atoms with Crippen molar-refractivity contribution in [3.63, 3.8) is 0 Å². The summed E-state index contributed by atoms with van der Waals surface area (Å²) in [6.07, 6.45) is 6.06. The molecule has 10 heteroatoms. The molecule has 1 unspecified atom stereocenters. The summed E-state index contributed by atoms with van der Waals surface area (Å²) in [5, 5.41) is 33.0. The van der Waals surface area contributed by atoms with Crippen LogP contribution < -0.4 is 10.1 Å². The van der Waals surface area contributed by atoms with Crippen LogP contribution in [0.2, 0.25) is 0 Å². The Hall–Kier alpha value is -4.60. The lowest BCUT2D eigenvalue weighted by atomic mass is 9.84. The average molecular weight is 604 g/mol. The lowest BCUT2D eigenvalue weighted by Gasteiger charge is -2.23. The first-order valence-electron chi connectivity index (χ1n) is 15.0. The number of phenolic OH excluding ortho intramolecular Hbond substituents is 2. The first kappa shape index (κ1) is 32.3. The zero-order chi connectivity index (χ0) is 31.8. The molecule has 0 bridgehead atoms. The van der Waals surface area contributed by atoms with Crippen molar-refractivity contribution in [2.45, 2.75) is 84.3 Å². The van der Waals surface area contributed by atoms with Crippen molar-refractivity contribution in [3.8, 4) is 17.2 Å². The number of hydrogen-bond acceptors (Lipinski definition) is 8. The predicted octanol–water partition coefficient (Wildman–Crippen LogP) is 5.77. The minimum atomic E-state index is -0.814. The Balaban J connectivity index is 1.75. The highest BCUT2D eigenvalue weighted by Crippen LogP contribution is 2.44. The largest absolute Gasteiger partial charge is 0.507 e. The minimum absolute atomic E-state index is 0.0458. The normalized spacial score (nSPS) is 16.9. The molecule has 0 saturated heterocycles. The highest BCUT2D eigenvalue weighted by Gasteiger charge is 2.31. The van der Waals surface area contributed by atoms with E-state index >= 15 is 0 Å². The van der Waals surface area contributed by atoms with Gasteiger partial charge in [-0.25, -0.2) is 4.79 Å². The lowest BCUT2D eigenvalue weighted by Crippen LogP contribution is -2.25. The monoisotopic (exact) mass is 603 g/mol. The molecule has 44 heavy (non-hydrogen) atoms. The van der Waals surface area contributed by atoms with E-state index in [1.807, 2.05) is 13.8 Å². The predicted molar refractivity (Wildman–Crippen MR) is 166 cm³/mol. The summed E-state index contributed by atoms with van der Waals surface area (Å²) >= 11 is 0. The number of phenols is 2. The quantitative estimate of drug-likeness (QED) is 0.249. The zero-order valence-corrected chi connectivity index (χ0v) is 25.7. The zero-order valence-electron chi connectivity index (χ0n) is 25.7. The number of carbonyl (C=O) groups is 3. The molecule has 2 atom stereocenters. The van der Waals surface area contributed by atoms with Gasteiger partial charge in [0.2, 0.25) is 5.91 Å². The number of methoxy groups -OCH3 is 1. The van der Waals surface area contributed by atoms with Crippen molar-refractivity contribution in [2.75, 3.05) is 7.11 Å². The van der Waals surface area contributed by atoms with Gasteiger partial charge < -0.3 is 25.0 Å². The first-order valence-corrected chi connectivity index (χ1v) is 15.0. The molecule has 1 aliphatic heterocycles. The SMILES string of the molecule is COc1ccc(C(CC(=O)NCc2c(C)n[nH]c2C)c2c(O)cc3c(c2O)C(=O)O[C@@H](C)CCCC(=O)CCCC=C3)cc1. The molecule has 234 valence electrons. The molecule has 10 nitrogen and oxygen atoms in total. The van der Waals surface area contributed by atoms with E-state index in [9.17, 15) is 24.6 Å². The smallest absolute Gasteiger partial charge is 0.342 e. The number of ether oxygens (including phenoxy) is 2. The van der Waals surface area contributed by atoms with Gasteiger partial charge in [-0.3, -0.25) is 14.7 Å². The van der Waals surface area contributed by atoms with Crippen LogP contribution >= 0.6 is 0 Å². The summed E-state index contributed by atoms with van der Waals surface area (Å²) in [6.45, 7) is 5.73. The van der Waals surface area contributed by atoms with Gasteiger partial charge >= 0.3 is 5.97 Å². The van der Waals surface area contributed by atoms with Crippen LogP contribution in [0.3, 0.4) is 0 Å². The number of H-pyrrole nitrogens is 1. The number of nitrogens with zero attached hydrogens (tertiary/aromatic N) is 1. The summed E-state index contributed by atoms with van der Waals surface area (Å²) < 4.78 is 11.0. The van der Waals surface area contributed by atoms with Crippen LogP contribution in [0.15, 0.2) is 36.4 Å². The minimum Gasteiger partial charge on any atom is -0.507 e. The highest BCUT2D eigenvalue weighted by atomic mass is 16.5. The maximum absolute atomic E-state index is 13.5. The highest BCUT2D eigenvalue weighted by molar-refractivity contribution is 5.98. The van der Waals surface area contributed by atoms with E-state index in [0.29, 0.717) is 49.8 Å². The Kier molecular flexibility index (Phi) is 10.8. The number of cyclic esters (lactones) is 1. The third kappa shape index (κ3) is 7.86. The molecule has 0 saturated carbocycles. The molecule has 4 rings (SSSR count). The number of allylic oxidation sites excluding steroid dienone is 1. The molecule has 2 heterocycles. The average Bonchev–Trinajstić information content (AvgIpc) is 3.31. The van der Waals surface area contributed by atoms with E-state index in [1.54, 1.807) is 50.5 Å². The van der Waals surface area contributed by atoms with Crippen molar-refractivity contribution in [3.05, 3.63) is 75.6 Å². The van der Waals surface area contributed by atoms with E-state index < -0.39 is 23.7 Å². The third-order valence-corrected chi connectivity index (χ3v) is 8.05. The molecule has 0 spiro atoms. The van der Waals surface area contributed by atoms with Crippen LogP contribution in [0.1, 0.15) is 102 Å². The van der Waals surface area contributed by atoms with Crippen molar-refractivity contribution in [1.82, 2.24) is 15.5 Å². The molecule has 2 aromatic carbocycles. The van der Waals surface area contributed by atoms with Crippen molar-refractivity contribution < 1.29 is 34.1 Å². The number of hydrogen-bond donors (Lipinski definition) is 4. The van der Waals surface area contributed by atoms with Gasteiger partial charge in [0.25, 0.3) is 0 Å². The molecule has 4 N–H and O–H groups in total. The number of aromatic amines is 1. The fourth-order valence-electron chi connectivity index (χ4n) is 5.52. The molecule has 1 aliphatic rings. The first-order chi connectivity index (χ1) is 21.1. The Morgan fingerprint density at radius 1 is 1.16 bits per heavy atom. The number of esters is 1. The van der Waals surface area contributed by atoms with Gasteiger partial charge in [-0.1, -0.05) is 24.3 Å². The second-order valence-electron chi connectivity index (χ2n) is 11.3. The summed E-state index contributed by atoms with van der Waals surface area (Å²) in [7, 11) is 1.54. The number of fused-ring (bicyclic) bond motifs is 1. The van der Waals surface area contributed by atoms with E-state index in [0.717, 1.165) is 17.0 Å². The van der Waals surface area contributed by atoms with Crippen LogP contribution in [-0.4, -0.2) is 51.3 Å². The number of aromatic nitrogens is 2. The van der Waals surface area contributed by atoms with Gasteiger partial charge in [-0.05, 0) is 75.8 Å². The standard InChI is InChI=1S/C34H41N3O7/c1-20-9-8-12-25(38)11-7-5-6-10-24-17-29(39)32(33(41)31(24)34(42)44-20)27(23-13-15-26(43-4)16-14-23)18-30(40)35-19-28-21(2)36-37-22(28)3/h6,10,13-17,20,27,39,41H,5,7-9,11-12,18-19H2,1-4H3,(H,35,40)(H,36,37)/t20-,27?/m0/s1. The maximum atomic E-state index is 13.5. The van der Waals surface area contributed by atoms with Crippen molar-refractivity contribution in [2.24, 2.45) is 0 Å². The van der Waals surface area contributed by atoms with Gasteiger partial charge in [0, 0.05) is 48.5 Å². The number of amides is 1. The van der Waals surface area contributed by atoms with E-state index in [1.165, 1.54) is 6.07 Å². The van der Waals surface area contributed by atoms with Gasteiger partial charge in [-0.15, -0.1) is 0 Å². The summed E-state index contributed by atoms with van der Waals surface area (Å²) in [4.78, 5) is 39.0. The number of ketones is 1. The van der Waals surface area contributed by atoms with Crippen LogP contribution in [-0.2, 0) is 20.9 Å². The van der Waals surface area contributed by atoms with E-state index in [2.05, 4.69) is 15.5 Å². The van der Waals surface area contributed by atoms with Gasteiger partial charge in [-0.2, -0.15) is 5.10 Å². The number of Topliss-reactive ketones (excluding diaryl/α,β-unsaturated/α-hetero) is 1. The third-order valence-electron chi connectivity index (χ3n) is 8.05. The number of aromatic hydroxyl groups is 2. The second-order valence-corrected chi connectivity index (χ2v) is 11.3. The number of carbonyl (C=O) groups excluding carboxylic acids is 3. The number of rotatable bonds is 7.